The van der Waals surface area contributed by atoms with Crippen LogP contribution in [-0.4, -0.2) is 31.3 Å². The summed E-state index contributed by atoms with van der Waals surface area (Å²) in [5.74, 6) is -0.463. The zero-order chi connectivity index (χ0) is 10.6. The molecule has 1 aromatic heterocycles. The van der Waals surface area contributed by atoms with E-state index in [1.165, 1.54) is 11.3 Å². The van der Waals surface area contributed by atoms with Gasteiger partial charge < -0.3 is 5.32 Å². The maximum Gasteiger partial charge on any atom is 0.227 e. The minimum Gasteiger partial charge on any atom is -0.302 e. The van der Waals surface area contributed by atoms with Crippen LogP contribution in [0.4, 0.5) is 5.13 Å². The highest BCUT2D eigenvalue weighted by atomic mass is 32.2. The Balaban J connectivity index is 2.38. The van der Waals surface area contributed by atoms with Crippen molar-refractivity contribution in [2.75, 3.05) is 17.3 Å². The highest BCUT2D eigenvalue weighted by Crippen LogP contribution is 2.10. The van der Waals surface area contributed by atoms with E-state index < -0.39 is 9.84 Å². The SMILES string of the molecule is CS(=O)(=O)CCC(=O)Nc1nccs1. The number of sulfone groups is 1. The van der Waals surface area contributed by atoms with E-state index in [1.54, 1.807) is 11.6 Å². The van der Waals surface area contributed by atoms with Gasteiger partial charge >= 0.3 is 0 Å². The Morgan fingerprint density at radius 3 is 2.86 bits per heavy atom. The van der Waals surface area contributed by atoms with Crippen LogP contribution in [0.2, 0.25) is 0 Å². The zero-order valence-corrected chi connectivity index (χ0v) is 9.19. The van der Waals surface area contributed by atoms with Crippen molar-refractivity contribution in [2.24, 2.45) is 0 Å². The normalized spacial score (nSPS) is 11.2. The lowest BCUT2D eigenvalue weighted by Crippen LogP contribution is -2.16. The molecular formula is C7H10N2O3S2. The van der Waals surface area contributed by atoms with Crippen molar-refractivity contribution >= 4 is 32.2 Å². The molecule has 5 nitrogen and oxygen atoms in total. The maximum atomic E-state index is 11.1. The first-order chi connectivity index (χ1) is 6.47. The first kappa shape index (κ1) is 11.1. The number of thiazole rings is 1. The molecule has 1 heterocycles. The number of aromatic nitrogens is 1. The predicted octanol–water partition coefficient (Wildman–Crippen LogP) is 0.516. The molecule has 0 fully saturated rings. The number of hydrogen-bond acceptors (Lipinski definition) is 5. The van der Waals surface area contributed by atoms with Gasteiger partial charge in [0, 0.05) is 24.3 Å². The van der Waals surface area contributed by atoms with Crippen molar-refractivity contribution in [3.63, 3.8) is 0 Å². The molecule has 1 amide bonds. The molecule has 0 radical (unpaired) electrons. The predicted molar refractivity (Wildman–Crippen MR) is 55.1 cm³/mol. The van der Waals surface area contributed by atoms with E-state index in [0.717, 1.165) is 6.26 Å². The monoisotopic (exact) mass is 234 g/mol. The second-order valence-corrected chi connectivity index (χ2v) is 5.92. The highest BCUT2D eigenvalue weighted by molar-refractivity contribution is 7.90. The highest BCUT2D eigenvalue weighted by Gasteiger charge is 2.08. The fraction of sp³-hybridized carbons (Fsp3) is 0.429. The lowest BCUT2D eigenvalue weighted by Gasteiger charge is -1.99. The van der Waals surface area contributed by atoms with Crippen LogP contribution in [-0.2, 0) is 14.6 Å². The summed E-state index contributed by atoms with van der Waals surface area (Å²) in [6.07, 6.45) is 2.64. The minimum absolute atomic E-state index is 0.0294. The van der Waals surface area contributed by atoms with Gasteiger partial charge in [-0.25, -0.2) is 13.4 Å². The molecular weight excluding hydrogens is 224 g/mol. The quantitative estimate of drug-likeness (QED) is 0.823. The summed E-state index contributed by atoms with van der Waals surface area (Å²) in [5.41, 5.74) is 0. The number of hydrogen-bond donors (Lipinski definition) is 1. The molecule has 1 N–H and O–H groups in total. The Morgan fingerprint density at radius 2 is 2.36 bits per heavy atom. The van der Waals surface area contributed by atoms with E-state index in [1.807, 2.05) is 0 Å². The zero-order valence-electron chi connectivity index (χ0n) is 7.56. The molecule has 0 aliphatic rings. The van der Waals surface area contributed by atoms with Crippen molar-refractivity contribution in [3.05, 3.63) is 11.6 Å². The Bertz CT molecular complexity index is 397. The van der Waals surface area contributed by atoms with Gasteiger partial charge in [-0.05, 0) is 0 Å². The summed E-state index contributed by atoms with van der Waals surface area (Å²) < 4.78 is 21.5. The van der Waals surface area contributed by atoms with Gasteiger partial charge in [0.15, 0.2) is 5.13 Å². The molecule has 78 valence electrons. The number of nitrogens with one attached hydrogen (secondary N) is 1. The summed E-state index contributed by atoms with van der Waals surface area (Å²) in [7, 11) is -3.08. The van der Waals surface area contributed by atoms with Gasteiger partial charge in [-0.2, -0.15) is 0 Å². The molecule has 0 aromatic carbocycles. The first-order valence-corrected chi connectivity index (χ1v) is 6.78. The average molecular weight is 234 g/mol. The Labute approximate surface area is 86.1 Å². The van der Waals surface area contributed by atoms with Crippen LogP contribution in [0.1, 0.15) is 6.42 Å². The smallest absolute Gasteiger partial charge is 0.227 e. The number of nitrogens with zero attached hydrogens (tertiary/aromatic N) is 1. The lowest BCUT2D eigenvalue weighted by molar-refractivity contribution is -0.115. The summed E-state index contributed by atoms with van der Waals surface area (Å²) >= 11 is 1.29. The molecule has 0 unspecified atom stereocenters. The van der Waals surface area contributed by atoms with Crippen LogP contribution in [0.3, 0.4) is 0 Å². The van der Waals surface area contributed by atoms with E-state index in [9.17, 15) is 13.2 Å². The van der Waals surface area contributed by atoms with Crippen molar-refractivity contribution in [2.45, 2.75) is 6.42 Å². The summed E-state index contributed by atoms with van der Waals surface area (Å²) in [4.78, 5) is 15.0. The second kappa shape index (κ2) is 4.52. The number of carbonyl (C=O) groups excluding carboxylic acids is 1. The number of carbonyl (C=O) groups is 1. The second-order valence-electron chi connectivity index (χ2n) is 2.77. The van der Waals surface area contributed by atoms with Gasteiger partial charge in [-0.1, -0.05) is 0 Å². The van der Waals surface area contributed by atoms with Gasteiger partial charge in [0.1, 0.15) is 9.84 Å². The van der Waals surface area contributed by atoms with Crippen molar-refractivity contribution < 1.29 is 13.2 Å². The van der Waals surface area contributed by atoms with Crippen LogP contribution < -0.4 is 5.32 Å². The van der Waals surface area contributed by atoms with E-state index in [0.29, 0.717) is 5.13 Å². The van der Waals surface area contributed by atoms with Crippen molar-refractivity contribution in [3.8, 4) is 0 Å². The molecule has 0 saturated heterocycles. The largest absolute Gasteiger partial charge is 0.302 e. The molecule has 1 rings (SSSR count). The average Bonchev–Trinajstić information content (AvgIpc) is 2.52. The van der Waals surface area contributed by atoms with Crippen molar-refractivity contribution in [1.82, 2.24) is 4.98 Å². The van der Waals surface area contributed by atoms with Gasteiger partial charge in [0.25, 0.3) is 0 Å². The molecule has 0 bridgehead atoms. The Morgan fingerprint density at radius 1 is 1.64 bits per heavy atom. The molecule has 1 aromatic rings. The Hall–Kier alpha value is -0.950. The van der Waals surface area contributed by atoms with Gasteiger partial charge in [0.2, 0.25) is 5.91 Å². The summed E-state index contributed by atoms with van der Waals surface area (Å²) in [6, 6.07) is 0. The summed E-state index contributed by atoms with van der Waals surface area (Å²) in [6.45, 7) is 0. The van der Waals surface area contributed by atoms with Crippen LogP contribution in [0.15, 0.2) is 11.6 Å². The lowest BCUT2D eigenvalue weighted by atomic mass is 10.5. The van der Waals surface area contributed by atoms with Gasteiger partial charge in [-0.15, -0.1) is 11.3 Å². The van der Waals surface area contributed by atoms with Crippen LogP contribution in [0, 0.1) is 0 Å². The van der Waals surface area contributed by atoms with Crippen LogP contribution in [0.25, 0.3) is 0 Å². The number of amides is 1. The standard InChI is InChI=1S/C7H10N2O3S2/c1-14(11,12)5-2-6(10)9-7-8-3-4-13-7/h3-4H,2,5H2,1H3,(H,8,9,10). The number of anilines is 1. The fourth-order valence-corrected chi connectivity index (χ4v) is 1.85. The maximum absolute atomic E-state index is 11.1. The third-order valence-corrected chi connectivity index (χ3v) is 3.01. The van der Waals surface area contributed by atoms with Gasteiger partial charge in [0.05, 0.1) is 5.75 Å². The first-order valence-electron chi connectivity index (χ1n) is 3.84. The molecule has 7 heteroatoms. The van der Waals surface area contributed by atoms with Crippen LogP contribution >= 0.6 is 11.3 Å². The minimum atomic E-state index is -3.08. The fourth-order valence-electron chi connectivity index (χ4n) is 0.745. The van der Waals surface area contributed by atoms with Crippen molar-refractivity contribution in [1.29, 1.82) is 0 Å². The molecule has 14 heavy (non-hydrogen) atoms. The van der Waals surface area contributed by atoms with E-state index in [4.69, 9.17) is 0 Å². The summed E-state index contributed by atoms with van der Waals surface area (Å²) in [5, 5.41) is 4.72. The number of rotatable bonds is 4. The van der Waals surface area contributed by atoms with Gasteiger partial charge in [-0.3, -0.25) is 4.79 Å². The molecule has 0 atom stereocenters. The van der Waals surface area contributed by atoms with Crippen LogP contribution in [0.5, 0.6) is 0 Å². The topological polar surface area (TPSA) is 76.1 Å². The Kier molecular flexibility index (Phi) is 3.59. The van der Waals surface area contributed by atoms with E-state index >= 15 is 0 Å². The van der Waals surface area contributed by atoms with E-state index in [2.05, 4.69) is 10.3 Å². The third-order valence-electron chi connectivity index (χ3n) is 1.38. The third kappa shape index (κ3) is 4.33. The van der Waals surface area contributed by atoms with E-state index in [-0.39, 0.29) is 18.1 Å². The molecule has 0 aliphatic carbocycles. The molecule has 0 spiro atoms. The molecule has 0 saturated carbocycles. The molecule has 0 aliphatic heterocycles.